The third-order valence-electron chi connectivity index (χ3n) is 6.37. The minimum absolute atomic E-state index is 0.725. The van der Waals surface area contributed by atoms with Crippen LogP contribution in [0.25, 0.3) is 0 Å². The van der Waals surface area contributed by atoms with E-state index in [-0.39, 0.29) is 0 Å². The Bertz CT molecular complexity index is 783. The maximum atomic E-state index is 6.08. The first-order chi connectivity index (χ1) is 14.8. The Balaban J connectivity index is 1.41. The Kier molecular flexibility index (Phi) is 9.36. The van der Waals surface area contributed by atoms with Crippen molar-refractivity contribution in [1.29, 1.82) is 0 Å². The highest BCUT2D eigenvalue weighted by molar-refractivity contribution is 5.44. The summed E-state index contributed by atoms with van der Waals surface area (Å²) in [4.78, 5) is 0. The van der Waals surface area contributed by atoms with Crippen molar-refractivity contribution >= 4 is 0 Å². The van der Waals surface area contributed by atoms with Crippen LogP contribution in [-0.2, 0) is 6.42 Å². The second-order valence-corrected chi connectivity index (χ2v) is 8.91. The van der Waals surface area contributed by atoms with Gasteiger partial charge in [-0.25, -0.2) is 0 Å². The van der Waals surface area contributed by atoms with Gasteiger partial charge in [0.15, 0.2) is 0 Å². The number of unbranched alkanes of at least 4 members (excludes halogenated alkanes) is 2. The molecule has 2 aromatic carbocycles. The molecule has 160 valence electrons. The van der Waals surface area contributed by atoms with E-state index in [1.807, 2.05) is 0 Å². The molecule has 1 nitrogen and oxygen atoms in total. The summed E-state index contributed by atoms with van der Waals surface area (Å²) >= 11 is 0. The number of hydrogen-bond acceptors (Lipinski definition) is 1. The van der Waals surface area contributed by atoms with Crippen LogP contribution in [0.5, 0.6) is 5.75 Å². The van der Waals surface area contributed by atoms with Crippen molar-refractivity contribution in [3.05, 3.63) is 65.2 Å². The van der Waals surface area contributed by atoms with Crippen molar-refractivity contribution in [3.8, 4) is 17.6 Å². The lowest BCUT2D eigenvalue weighted by Crippen LogP contribution is -2.20. The second-order valence-electron chi connectivity index (χ2n) is 8.91. The highest BCUT2D eigenvalue weighted by Crippen LogP contribution is 2.32. The van der Waals surface area contributed by atoms with Gasteiger partial charge in [-0.05, 0) is 73.1 Å². The van der Waals surface area contributed by atoms with E-state index in [4.69, 9.17) is 4.74 Å². The van der Waals surface area contributed by atoms with Crippen molar-refractivity contribution in [1.82, 2.24) is 0 Å². The van der Waals surface area contributed by atoms with Gasteiger partial charge in [-0.3, -0.25) is 0 Å². The average Bonchev–Trinajstić information content (AvgIpc) is 2.79. The average molecular weight is 403 g/mol. The minimum Gasteiger partial charge on any atom is -0.493 e. The number of rotatable bonds is 9. The van der Waals surface area contributed by atoms with Gasteiger partial charge in [-0.1, -0.05) is 82.8 Å². The molecule has 0 bridgehead atoms. The molecule has 0 unspecified atom stereocenters. The molecule has 3 rings (SSSR count). The van der Waals surface area contributed by atoms with E-state index >= 15 is 0 Å². The Morgan fingerprint density at radius 3 is 1.93 bits per heavy atom. The molecule has 0 aliphatic heterocycles. The number of hydrogen-bond donors (Lipinski definition) is 0. The number of benzene rings is 2. The first kappa shape index (κ1) is 22.5. The van der Waals surface area contributed by atoms with Crippen LogP contribution >= 0.6 is 0 Å². The summed E-state index contributed by atoms with van der Waals surface area (Å²) in [5, 5.41) is 0. The van der Waals surface area contributed by atoms with Gasteiger partial charge in [0.2, 0.25) is 0 Å². The Morgan fingerprint density at radius 1 is 0.733 bits per heavy atom. The smallest absolute Gasteiger partial charge is 0.119 e. The second kappa shape index (κ2) is 12.5. The summed E-state index contributed by atoms with van der Waals surface area (Å²) in [6.07, 6.45) is 13.4. The predicted molar refractivity (Wildman–Crippen MR) is 128 cm³/mol. The van der Waals surface area contributed by atoms with Gasteiger partial charge in [-0.15, -0.1) is 0 Å². The summed E-state index contributed by atoms with van der Waals surface area (Å²) in [6, 6.07) is 16.9. The Morgan fingerprint density at radius 2 is 1.33 bits per heavy atom. The fraction of sp³-hybridized carbons (Fsp3) is 0.517. The topological polar surface area (TPSA) is 9.23 Å². The summed E-state index contributed by atoms with van der Waals surface area (Å²) < 4.78 is 6.08. The molecule has 0 N–H and O–H groups in total. The standard InChI is InChI=1S/C29H38O/c1-3-5-6-8-25-15-17-28(18-16-25)23-30-29-21-19-27(20-22-29)14-13-26-11-9-24(7-4-2)10-12-26/h9-12,19-22,25,28H,3-8,15-18,23H2,1-2H3/t25-,28-. The van der Waals surface area contributed by atoms with E-state index in [0.29, 0.717) is 0 Å². The first-order valence-corrected chi connectivity index (χ1v) is 12.1. The minimum atomic E-state index is 0.725. The highest BCUT2D eigenvalue weighted by Gasteiger charge is 2.21. The predicted octanol–water partition coefficient (Wildman–Crippen LogP) is 7.80. The van der Waals surface area contributed by atoms with E-state index in [2.05, 4.69) is 74.2 Å². The van der Waals surface area contributed by atoms with Gasteiger partial charge in [-0.2, -0.15) is 0 Å². The fourth-order valence-electron chi connectivity index (χ4n) is 4.41. The molecule has 0 aromatic heterocycles. The van der Waals surface area contributed by atoms with Crippen molar-refractivity contribution in [2.45, 2.75) is 78.1 Å². The van der Waals surface area contributed by atoms with Crippen molar-refractivity contribution in [2.24, 2.45) is 11.8 Å². The van der Waals surface area contributed by atoms with Crippen LogP contribution in [0.15, 0.2) is 48.5 Å². The molecule has 30 heavy (non-hydrogen) atoms. The van der Waals surface area contributed by atoms with Gasteiger partial charge >= 0.3 is 0 Å². The van der Waals surface area contributed by atoms with E-state index < -0.39 is 0 Å². The molecule has 2 aromatic rings. The van der Waals surface area contributed by atoms with Crippen molar-refractivity contribution < 1.29 is 4.74 Å². The third kappa shape index (κ3) is 7.56. The normalized spacial score (nSPS) is 18.5. The lowest BCUT2D eigenvalue weighted by atomic mass is 9.80. The molecular weight excluding hydrogens is 364 g/mol. The molecule has 0 heterocycles. The largest absolute Gasteiger partial charge is 0.493 e. The van der Waals surface area contributed by atoms with Crippen LogP contribution in [0.1, 0.15) is 88.3 Å². The number of ether oxygens (including phenoxy) is 1. The fourth-order valence-corrected chi connectivity index (χ4v) is 4.41. The van der Waals surface area contributed by atoms with Crippen LogP contribution in [0.4, 0.5) is 0 Å². The van der Waals surface area contributed by atoms with Gasteiger partial charge in [0.05, 0.1) is 6.61 Å². The van der Waals surface area contributed by atoms with Crippen LogP contribution in [-0.4, -0.2) is 6.61 Å². The molecule has 0 saturated heterocycles. The van der Waals surface area contributed by atoms with Gasteiger partial charge in [0.25, 0.3) is 0 Å². The number of aryl methyl sites for hydroxylation is 1. The SMILES string of the molecule is CCCCC[C@H]1CC[C@H](COc2ccc(C#Cc3ccc(CCC)cc3)cc2)CC1. The van der Waals surface area contributed by atoms with Crippen molar-refractivity contribution in [2.75, 3.05) is 6.61 Å². The van der Waals surface area contributed by atoms with E-state index in [1.165, 1.54) is 63.4 Å². The summed E-state index contributed by atoms with van der Waals surface area (Å²) in [7, 11) is 0. The molecule has 1 fully saturated rings. The Labute approximate surface area is 184 Å². The molecular formula is C29H38O. The van der Waals surface area contributed by atoms with E-state index in [0.717, 1.165) is 41.7 Å². The maximum Gasteiger partial charge on any atom is 0.119 e. The highest BCUT2D eigenvalue weighted by atomic mass is 16.5. The van der Waals surface area contributed by atoms with Gasteiger partial charge in [0.1, 0.15) is 5.75 Å². The van der Waals surface area contributed by atoms with Crippen LogP contribution in [0.2, 0.25) is 0 Å². The van der Waals surface area contributed by atoms with E-state index in [9.17, 15) is 0 Å². The molecule has 0 spiro atoms. The first-order valence-electron chi connectivity index (χ1n) is 12.1. The third-order valence-corrected chi connectivity index (χ3v) is 6.37. The zero-order valence-electron chi connectivity index (χ0n) is 19.0. The molecule has 0 radical (unpaired) electrons. The Hall–Kier alpha value is -2.20. The van der Waals surface area contributed by atoms with Crippen LogP contribution < -0.4 is 4.74 Å². The summed E-state index contributed by atoms with van der Waals surface area (Å²) in [5.41, 5.74) is 3.49. The van der Waals surface area contributed by atoms with Gasteiger partial charge in [0, 0.05) is 11.1 Å². The summed E-state index contributed by atoms with van der Waals surface area (Å²) in [6.45, 7) is 5.36. The van der Waals surface area contributed by atoms with Crippen LogP contribution in [0.3, 0.4) is 0 Å². The molecule has 1 aliphatic carbocycles. The molecule has 1 aliphatic rings. The monoisotopic (exact) mass is 402 g/mol. The lowest BCUT2D eigenvalue weighted by molar-refractivity contribution is 0.177. The van der Waals surface area contributed by atoms with Gasteiger partial charge < -0.3 is 4.74 Å². The van der Waals surface area contributed by atoms with Crippen LogP contribution in [0, 0.1) is 23.7 Å². The molecule has 1 heteroatoms. The molecule has 0 atom stereocenters. The molecule has 0 amide bonds. The zero-order valence-corrected chi connectivity index (χ0v) is 19.0. The van der Waals surface area contributed by atoms with Crippen molar-refractivity contribution in [3.63, 3.8) is 0 Å². The lowest BCUT2D eigenvalue weighted by Gasteiger charge is -2.28. The zero-order chi connectivity index (χ0) is 21.0. The molecule has 1 saturated carbocycles. The van der Waals surface area contributed by atoms with E-state index in [1.54, 1.807) is 0 Å². The maximum absolute atomic E-state index is 6.08. The quantitative estimate of drug-likeness (QED) is 0.307. The summed E-state index contributed by atoms with van der Waals surface area (Å²) in [5.74, 6) is 9.19.